The highest BCUT2D eigenvalue weighted by Crippen LogP contribution is 2.29. The number of benzene rings is 3. The minimum Gasteiger partial charge on any atom is -0.342 e. The molecule has 8 nitrogen and oxygen atoms in total. The molecule has 4 aromatic rings. The summed E-state index contributed by atoms with van der Waals surface area (Å²) in [6.07, 6.45) is 3.24. The number of hydrogen-bond donors (Lipinski definition) is 1. The Balaban J connectivity index is 1.58. The molecule has 1 N–H and O–H groups in total. The Kier molecular flexibility index (Phi) is 8.91. The smallest absolute Gasteiger partial charge is 0.269 e. The van der Waals surface area contributed by atoms with Crippen LogP contribution in [-0.4, -0.2) is 25.6 Å². The molecule has 0 spiro atoms. The van der Waals surface area contributed by atoms with Crippen molar-refractivity contribution in [3.8, 4) is 5.69 Å². The summed E-state index contributed by atoms with van der Waals surface area (Å²) in [5.74, 6) is 1.02. The highest BCUT2D eigenvalue weighted by molar-refractivity contribution is 7.98. The number of non-ortho nitro benzene ring substituents is 1. The van der Waals surface area contributed by atoms with E-state index in [4.69, 9.17) is 0 Å². The molecular weight excluding hydrogens is 498 g/mol. The summed E-state index contributed by atoms with van der Waals surface area (Å²) < 4.78 is 1.85. The number of amides is 1. The predicted molar refractivity (Wildman–Crippen MR) is 150 cm³/mol. The Labute approximate surface area is 226 Å². The van der Waals surface area contributed by atoms with Gasteiger partial charge in [-0.05, 0) is 62.1 Å². The van der Waals surface area contributed by atoms with Crippen LogP contribution >= 0.6 is 11.8 Å². The average molecular weight is 530 g/mol. The van der Waals surface area contributed by atoms with E-state index < -0.39 is 11.0 Å². The van der Waals surface area contributed by atoms with E-state index >= 15 is 0 Å². The maximum Gasteiger partial charge on any atom is 0.269 e. The highest BCUT2D eigenvalue weighted by atomic mass is 32.2. The van der Waals surface area contributed by atoms with Gasteiger partial charge in [0.15, 0.2) is 11.0 Å². The van der Waals surface area contributed by atoms with Crippen LogP contribution in [0, 0.1) is 17.0 Å². The monoisotopic (exact) mass is 529 g/mol. The first-order chi connectivity index (χ1) is 18.4. The van der Waals surface area contributed by atoms with E-state index in [-0.39, 0.29) is 11.6 Å². The third kappa shape index (κ3) is 6.66. The lowest BCUT2D eigenvalue weighted by atomic mass is 10.1. The zero-order valence-corrected chi connectivity index (χ0v) is 22.6. The number of rotatable bonds is 11. The van der Waals surface area contributed by atoms with E-state index in [0.717, 1.165) is 24.8 Å². The molecule has 0 aliphatic heterocycles. The number of thioether (sulfide) groups is 1. The van der Waals surface area contributed by atoms with E-state index in [1.165, 1.54) is 35.0 Å². The molecule has 0 saturated carbocycles. The van der Waals surface area contributed by atoms with Gasteiger partial charge in [0.25, 0.3) is 11.6 Å². The number of nitrogens with zero attached hydrogens (tertiary/aromatic N) is 4. The molecule has 0 aliphatic carbocycles. The van der Waals surface area contributed by atoms with Crippen LogP contribution in [-0.2, 0) is 12.2 Å². The molecule has 0 bridgehead atoms. The van der Waals surface area contributed by atoms with Crippen LogP contribution in [0.3, 0.4) is 0 Å². The molecule has 4 rings (SSSR count). The maximum absolute atomic E-state index is 13.0. The van der Waals surface area contributed by atoms with Crippen molar-refractivity contribution < 1.29 is 9.72 Å². The Morgan fingerprint density at radius 3 is 2.45 bits per heavy atom. The molecule has 3 aromatic carbocycles. The molecule has 1 unspecified atom stereocenters. The number of carbonyl (C=O) groups excluding carboxylic acids is 1. The fourth-order valence-electron chi connectivity index (χ4n) is 4.12. The van der Waals surface area contributed by atoms with E-state index in [9.17, 15) is 14.9 Å². The van der Waals surface area contributed by atoms with Crippen LogP contribution in [0.5, 0.6) is 0 Å². The number of aromatic nitrogens is 3. The predicted octanol–water partition coefficient (Wildman–Crippen LogP) is 6.61. The van der Waals surface area contributed by atoms with Crippen LogP contribution in [0.4, 0.5) is 5.69 Å². The molecule has 1 amide bonds. The van der Waals surface area contributed by atoms with Gasteiger partial charge in [-0.2, -0.15) is 0 Å². The third-order valence-corrected chi connectivity index (χ3v) is 7.20. The van der Waals surface area contributed by atoms with Crippen molar-refractivity contribution in [1.82, 2.24) is 20.1 Å². The van der Waals surface area contributed by atoms with Crippen LogP contribution in [0.15, 0.2) is 78.0 Å². The van der Waals surface area contributed by atoms with Gasteiger partial charge in [-0.15, -0.1) is 10.2 Å². The molecule has 9 heteroatoms. The first-order valence-electron chi connectivity index (χ1n) is 12.6. The summed E-state index contributed by atoms with van der Waals surface area (Å²) >= 11 is 1.52. The van der Waals surface area contributed by atoms with Crippen LogP contribution in [0.25, 0.3) is 5.69 Å². The van der Waals surface area contributed by atoms with Gasteiger partial charge in [-0.25, -0.2) is 0 Å². The van der Waals surface area contributed by atoms with Gasteiger partial charge in [-0.3, -0.25) is 19.5 Å². The Bertz CT molecular complexity index is 1400. The summed E-state index contributed by atoms with van der Waals surface area (Å²) in [5.41, 5.74) is 4.80. The zero-order chi connectivity index (χ0) is 27.1. The van der Waals surface area contributed by atoms with Crippen molar-refractivity contribution in [1.29, 1.82) is 0 Å². The lowest BCUT2D eigenvalue weighted by Crippen LogP contribution is -2.28. The van der Waals surface area contributed by atoms with Crippen molar-refractivity contribution in [3.05, 3.63) is 111 Å². The lowest BCUT2D eigenvalue weighted by Gasteiger charge is -2.16. The van der Waals surface area contributed by atoms with E-state index in [1.54, 1.807) is 12.1 Å². The Hall–Kier alpha value is -3.98. The molecule has 38 heavy (non-hydrogen) atoms. The van der Waals surface area contributed by atoms with Gasteiger partial charge in [0.05, 0.1) is 11.0 Å². The first kappa shape index (κ1) is 27.1. The fraction of sp³-hybridized carbons (Fsp3) is 0.276. The van der Waals surface area contributed by atoms with Gasteiger partial charge in [0.1, 0.15) is 0 Å². The summed E-state index contributed by atoms with van der Waals surface area (Å²) in [4.78, 5) is 23.8. The number of hydrogen-bond acceptors (Lipinski definition) is 6. The number of unbranched alkanes of at least 4 members (excludes halogenated alkanes) is 1. The van der Waals surface area contributed by atoms with Crippen molar-refractivity contribution >= 4 is 23.4 Å². The topological polar surface area (TPSA) is 103 Å². The summed E-state index contributed by atoms with van der Waals surface area (Å²) in [6.45, 7) is 6.06. The van der Waals surface area contributed by atoms with Gasteiger partial charge >= 0.3 is 0 Å². The summed E-state index contributed by atoms with van der Waals surface area (Å²) in [6, 6.07) is 21.7. The standard InChI is InChI=1S/C29H31N5O3S/c1-4-5-8-22-10-12-24(13-11-22)28(35)30-21(3)27-31-32-29(38-19-23-9-6-7-20(2)18-23)33(27)25-14-16-26(17-15-25)34(36)37/h6-7,9-18,21H,4-5,8,19H2,1-3H3,(H,30,35). The van der Waals surface area contributed by atoms with Gasteiger partial charge in [0, 0.05) is 29.1 Å². The number of aryl methyl sites for hydroxylation is 2. The molecule has 1 heterocycles. The van der Waals surface area contributed by atoms with Crippen molar-refractivity contribution in [2.24, 2.45) is 0 Å². The largest absolute Gasteiger partial charge is 0.342 e. The molecule has 0 fully saturated rings. The van der Waals surface area contributed by atoms with Crippen LogP contribution < -0.4 is 5.32 Å². The van der Waals surface area contributed by atoms with Crippen LogP contribution in [0.1, 0.15) is 65.6 Å². The molecule has 1 aromatic heterocycles. The van der Waals surface area contributed by atoms with E-state index in [2.05, 4.69) is 47.6 Å². The number of nitro groups is 1. The second-order valence-corrected chi connectivity index (χ2v) is 10.2. The third-order valence-electron chi connectivity index (χ3n) is 6.20. The summed E-state index contributed by atoms with van der Waals surface area (Å²) in [5, 5.41) is 23.7. The Morgan fingerprint density at radius 2 is 1.79 bits per heavy atom. The molecule has 0 radical (unpaired) electrons. The molecule has 1 atom stereocenters. The second-order valence-electron chi connectivity index (χ2n) is 9.22. The number of nitrogens with one attached hydrogen (secondary N) is 1. The number of nitro benzene ring substituents is 1. The maximum atomic E-state index is 13.0. The first-order valence-corrected chi connectivity index (χ1v) is 13.6. The highest BCUT2D eigenvalue weighted by Gasteiger charge is 2.22. The Morgan fingerprint density at radius 1 is 1.05 bits per heavy atom. The van der Waals surface area contributed by atoms with E-state index in [0.29, 0.717) is 28.0 Å². The minimum atomic E-state index is -0.460. The minimum absolute atomic E-state index is 0.000994. The van der Waals surface area contributed by atoms with Crippen molar-refractivity contribution in [2.75, 3.05) is 0 Å². The van der Waals surface area contributed by atoms with Crippen molar-refractivity contribution in [2.45, 2.75) is 57.0 Å². The van der Waals surface area contributed by atoms with E-state index in [1.807, 2.05) is 41.8 Å². The summed E-state index contributed by atoms with van der Waals surface area (Å²) in [7, 11) is 0. The fourth-order valence-corrected chi connectivity index (χ4v) is 5.02. The van der Waals surface area contributed by atoms with Gasteiger partial charge in [-0.1, -0.05) is 67.1 Å². The molecule has 0 saturated heterocycles. The average Bonchev–Trinajstić information content (AvgIpc) is 3.35. The van der Waals surface area contributed by atoms with Crippen molar-refractivity contribution in [3.63, 3.8) is 0 Å². The van der Waals surface area contributed by atoms with Gasteiger partial charge < -0.3 is 5.32 Å². The number of carbonyl (C=O) groups is 1. The second kappa shape index (κ2) is 12.5. The molecule has 196 valence electrons. The normalized spacial score (nSPS) is 11.8. The molecular formula is C29H31N5O3S. The SMILES string of the molecule is CCCCc1ccc(C(=O)NC(C)c2nnc(SCc3cccc(C)c3)n2-c2ccc([N+](=O)[O-])cc2)cc1. The van der Waals surface area contributed by atoms with Gasteiger partial charge in [0.2, 0.25) is 0 Å². The van der Waals surface area contributed by atoms with Crippen LogP contribution in [0.2, 0.25) is 0 Å². The molecule has 0 aliphatic rings. The quantitative estimate of drug-likeness (QED) is 0.133. The zero-order valence-electron chi connectivity index (χ0n) is 21.8. The lowest BCUT2D eigenvalue weighted by molar-refractivity contribution is -0.384.